The lowest BCUT2D eigenvalue weighted by Gasteiger charge is -2.08. The third-order valence-corrected chi connectivity index (χ3v) is 4.93. The minimum Gasteiger partial charge on any atom is -0.490 e. The number of allylic oxidation sites excluding steroid dienone is 2. The van der Waals surface area contributed by atoms with Crippen LogP contribution >= 0.6 is 0 Å². The zero-order valence-corrected chi connectivity index (χ0v) is 16.3. The lowest BCUT2D eigenvalue weighted by Crippen LogP contribution is -2.01. The van der Waals surface area contributed by atoms with Gasteiger partial charge in [0.2, 0.25) is 0 Å². The van der Waals surface area contributed by atoms with E-state index in [0.717, 1.165) is 39.1 Å². The van der Waals surface area contributed by atoms with Crippen molar-refractivity contribution in [2.24, 2.45) is 7.05 Å². The predicted molar refractivity (Wildman–Crippen MR) is 105 cm³/mol. The summed E-state index contributed by atoms with van der Waals surface area (Å²) in [5, 5.41) is 0.960. The molecule has 140 valence electrons. The van der Waals surface area contributed by atoms with Gasteiger partial charge in [-0.15, -0.1) is 0 Å². The molecule has 1 fully saturated rings. The summed E-state index contributed by atoms with van der Waals surface area (Å²) in [6.45, 7) is 11.5. The van der Waals surface area contributed by atoms with Crippen LogP contribution in [-0.2, 0) is 21.4 Å². The summed E-state index contributed by atoms with van der Waals surface area (Å²) in [5.74, 6) is -0.453. The highest BCUT2D eigenvalue weighted by atomic mass is 16.6. The topological polar surface area (TPSA) is 57.5 Å². The van der Waals surface area contributed by atoms with Gasteiger partial charge in [0, 0.05) is 29.2 Å². The average Bonchev–Trinajstić information content (AvgIpc) is 3.05. The van der Waals surface area contributed by atoms with E-state index in [1.807, 2.05) is 39.1 Å². The second-order valence-corrected chi connectivity index (χ2v) is 6.85. The van der Waals surface area contributed by atoms with Crippen molar-refractivity contribution in [2.75, 3.05) is 6.61 Å². The first-order chi connectivity index (χ1) is 12.8. The van der Waals surface area contributed by atoms with Crippen molar-refractivity contribution >= 4 is 28.4 Å². The molecule has 3 rings (SSSR count). The van der Waals surface area contributed by atoms with E-state index < -0.39 is 11.9 Å². The van der Waals surface area contributed by atoms with Crippen LogP contribution in [0, 0.1) is 6.92 Å². The quantitative estimate of drug-likeness (QED) is 0.352. The van der Waals surface area contributed by atoms with Crippen molar-refractivity contribution in [1.29, 1.82) is 0 Å². The number of aromatic nitrogens is 1. The third-order valence-electron chi connectivity index (χ3n) is 4.93. The monoisotopic (exact) mass is 365 g/mol. The van der Waals surface area contributed by atoms with E-state index in [-0.39, 0.29) is 0 Å². The molecule has 0 aliphatic carbocycles. The number of rotatable bonds is 4. The summed E-state index contributed by atoms with van der Waals surface area (Å²) < 4.78 is 12.6. The van der Waals surface area contributed by atoms with Crippen molar-refractivity contribution in [1.82, 2.24) is 4.57 Å². The maximum atomic E-state index is 12.4. The van der Waals surface area contributed by atoms with Crippen molar-refractivity contribution in [3.63, 3.8) is 0 Å². The Hall–Kier alpha value is -3.08. The third kappa shape index (κ3) is 2.99. The number of hydrogen-bond acceptors (Lipinski definition) is 4. The molecule has 1 saturated heterocycles. The summed E-state index contributed by atoms with van der Waals surface area (Å²) >= 11 is 0. The summed E-state index contributed by atoms with van der Waals surface area (Å²) in [6.07, 6.45) is 1.69. The van der Waals surface area contributed by atoms with Gasteiger partial charge in [0.15, 0.2) is 0 Å². The standard InChI is InChI=1S/C22H23NO4/c1-7-10-26-15-8-9-17-16(11-15)19(14(5)23(17)6)13(4)20-18(12(2)3)21(24)27-22(20)25/h7-9,11H,1,10H2,2-6H3/b20-13+. The molecule has 1 aliphatic rings. The SMILES string of the molecule is C=CCOc1ccc2c(c1)c(/C(C)=C1/C(=O)OC(=O)C1=C(C)C)c(C)n2C. The molecular weight excluding hydrogens is 342 g/mol. The molecule has 0 radical (unpaired) electrons. The molecular formula is C22H23NO4. The number of ether oxygens (including phenoxy) is 2. The summed E-state index contributed by atoms with van der Waals surface area (Å²) in [5.41, 5.74) is 5.11. The minimum atomic E-state index is -0.593. The molecule has 0 spiro atoms. The Labute approximate surface area is 158 Å². The highest BCUT2D eigenvalue weighted by Crippen LogP contribution is 2.38. The van der Waals surface area contributed by atoms with E-state index in [9.17, 15) is 9.59 Å². The van der Waals surface area contributed by atoms with Gasteiger partial charge in [-0.3, -0.25) is 0 Å². The van der Waals surface area contributed by atoms with Crippen LogP contribution in [0.1, 0.15) is 32.0 Å². The molecule has 0 atom stereocenters. The zero-order valence-electron chi connectivity index (χ0n) is 16.3. The number of carbonyl (C=O) groups is 2. The molecule has 0 saturated carbocycles. The molecule has 0 amide bonds. The van der Waals surface area contributed by atoms with Gasteiger partial charge in [0.25, 0.3) is 0 Å². The molecule has 1 aliphatic heterocycles. The van der Waals surface area contributed by atoms with Gasteiger partial charge in [0.1, 0.15) is 12.4 Å². The van der Waals surface area contributed by atoms with Gasteiger partial charge in [-0.2, -0.15) is 0 Å². The van der Waals surface area contributed by atoms with Crippen LogP contribution in [0.15, 0.2) is 47.6 Å². The van der Waals surface area contributed by atoms with Gasteiger partial charge in [-0.25, -0.2) is 9.59 Å². The van der Waals surface area contributed by atoms with Crippen LogP contribution in [0.3, 0.4) is 0 Å². The normalized spacial score (nSPS) is 16.0. The van der Waals surface area contributed by atoms with Gasteiger partial charge in [0.05, 0.1) is 11.1 Å². The molecule has 0 N–H and O–H groups in total. The maximum absolute atomic E-state index is 12.4. The van der Waals surface area contributed by atoms with Crippen LogP contribution in [0.2, 0.25) is 0 Å². The van der Waals surface area contributed by atoms with E-state index in [2.05, 4.69) is 11.1 Å². The predicted octanol–water partition coefficient (Wildman–Crippen LogP) is 4.24. The Balaban J connectivity index is 2.31. The van der Waals surface area contributed by atoms with Crippen LogP contribution in [-0.4, -0.2) is 23.1 Å². The number of hydrogen-bond donors (Lipinski definition) is 0. The Morgan fingerprint density at radius 3 is 2.48 bits per heavy atom. The van der Waals surface area contributed by atoms with Gasteiger partial charge in [-0.1, -0.05) is 18.2 Å². The number of aryl methyl sites for hydroxylation is 1. The fourth-order valence-electron chi connectivity index (χ4n) is 3.58. The number of carbonyl (C=O) groups excluding carboxylic acids is 2. The molecule has 1 aromatic heterocycles. The molecule has 5 heteroatoms. The van der Waals surface area contributed by atoms with Gasteiger partial charge < -0.3 is 14.0 Å². The molecule has 0 bridgehead atoms. The number of esters is 2. The van der Waals surface area contributed by atoms with E-state index in [1.54, 1.807) is 19.9 Å². The van der Waals surface area contributed by atoms with E-state index in [0.29, 0.717) is 17.8 Å². The Morgan fingerprint density at radius 2 is 1.85 bits per heavy atom. The molecule has 1 aromatic carbocycles. The Bertz CT molecular complexity index is 1050. The van der Waals surface area contributed by atoms with Crippen LogP contribution in [0.25, 0.3) is 16.5 Å². The van der Waals surface area contributed by atoms with Gasteiger partial charge >= 0.3 is 11.9 Å². The fraction of sp³-hybridized carbons (Fsp3) is 0.273. The van der Waals surface area contributed by atoms with Crippen molar-refractivity contribution < 1.29 is 19.1 Å². The molecule has 2 heterocycles. The Kier molecular flexibility index (Phi) is 4.79. The molecule has 5 nitrogen and oxygen atoms in total. The highest BCUT2D eigenvalue weighted by molar-refractivity contribution is 6.22. The minimum absolute atomic E-state index is 0.341. The maximum Gasteiger partial charge on any atom is 0.347 e. The zero-order chi connectivity index (χ0) is 19.9. The van der Waals surface area contributed by atoms with E-state index in [1.165, 1.54) is 0 Å². The number of cyclic esters (lactones) is 2. The van der Waals surface area contributed by atoms with Crippen molar-refractivity contribution in [3.05, 3.63) is 58.8 Å². The summed E-state index contributed by atoms with van der Waals surface area (Å²) in [7, 11) is 1.98. The van der Waals surface area contributed by atoms with Crippen LogP contribution < -0.4 is 4.74 Å². The smallest absolute Gasteiger partial charge is 0.347 e. The number of benzene rings is 1. The molecule has 2 aromatic rings. The number of nitrogens with zero attached hydrogens (tertiary/aromatic N) is 1. The largest absolute Gasteiger partial charge is 0.490 e. The first-order valence-electron chi connectivity index (χ1n) is 8.76. The highest BCUT2D eigenvalue weighted by Gasteiger charge is 2.36. The number of fused-ring (bicyclic) bond motifs is 1. The second-order valence-electron chi connectivity index (χ2n) is 6.85. The van der Waals surface area contributed by atoms with Crippen molar-refractivity contribution in [2.45, 2.75) is 27.7 Å². The average molecular weight is 365 g/mol. The lowest BCUT2D eigenvalue weighted by molar-refractivity contribution is -0.149. The van der Waals surface area contributed by atoms with Gasteiger partial charge in [-0.05, 0) is 51.5 Å². The fourth-order valence-corrected chi connectivity index (χ4v) is 3.58. The van der Waals surface area contributed by atoms with Crippen LogP contribution in [0.4, 0.5) is 0 Å². The summed E-state index contributed by atoms with van der Waals surface area (Å²) in [6, 6.07) is 5.85. The Morgan fingerprint density at radius 1 is 1.19 bits per heavy atom. The summed E-state index contributed by atoms with van der Waals surface area (Å²) in [4.78, 5) is 24.5. The lowest BCUT2D eigenvalue weighted by atomic mass is 9.93. The van der Waals surface area contributed by atoms with E-state index in [4.69, 9.17) is 9.47 Å². The van der Waals surface area contributed by atoms with Crippen molar-refractivity contribution in [3.8, 4) is 5.75 Å². The van der Waals surface area contributed by atoms with Crippen LogP contribution in [0.5, 0.6) is 5.75 Å². The first kappa shape index (κ1) is 18.7. The molecule has 0 unspecified atom stereocenters. The van der Waals surface area contributed by atoms with E-state index >= 15 is 0 Å². The molecule has 27 heavy (non-hydrogen) atoms. The second kappa shape index (κ2) is 6.91. The first-order valence-corrected chi connectivity index (χ1v) is 8.76.